The molecule has 0 atom stereocenters. The molecule has 0 bridgehead atoms. The third kappa shape index (κ3) is 4.95. The molecule has 0 fully saturated rings. The second-order valence-electron chi connectivity index (χ2n) is 4.95. The van der Waals surface area contributed by atoms with E-state index in [2.05, 4.69) is 10.3 Å². The molecule has 122 valence electrons. The van der Waals surface area contributed by atoms with Crippen molar-refractivity contribution in [3.63, 3.8) is 0 Å². The Morgan fingerprint density at radius 3 is 2.57 bits per heavy atom. The molecule has 1 N–H and O–H groups in total. The first kappa shape index (κ1) is 16.7. The zero-order valence-corrected chi connectivity index (χ0v) is 13.1. The number of ether oxygens (including phenoxy) is 2. The molecular formula is C17H19FN2O3. The van der Waals surface area contributed by atoms with Gasteiger partial charge in [0.25, 0.3) is 0 Å². The highest BCUT2D eigenvalue weighted by Gasteiger charge is 2.06. The van der Waals surface area contributed by atoms with E-state index in [-0.39, 0.29) is 18.1 Å². The number of nitrogens with zero attached hydrogens (tertiary/aromatic N) is 1. The minimum Gasteiger partial charge on any atom is -0.494 e. The third-order valence-corrected chi connectivity index (χ3v) is 3.35. The summed E-state index contributed by atoms with van der Waals surface area (Å²) in [5.41, 5.74) is 1.64. The molecule has 0 aliphatic carbocycles. The van der Waals surface area contributed by atoms with Crippen LogP contribution in [0.5, 0.6) is 11.6 Å². The number of rotatable bonds is 7. The number of amides is 1. The number of hydrogen-bond acceptors (Lipinski definition) is 4. The highest BCUT2D eigenvalue weighted by Crippen LogP contribution is 2.18. The van der Waals surface area contributed by atoms with Gasteiger partial charge in [-0.25, -0.2) is 9.37 Å². The van der Waals surface area contributed by atoms with E-state index in [0.717, 1.165) is 11.1 Å². The standard InChI is InChI=1S/C17H19FN2O3/c1-22-15-6-3-12(9-14(15)18)4-7-16(21)19-10-13-5-8-17(23-2)20-11-13/h3,5-6,8-9,11H,4,7,10H2,1-2H3,(H,19,21). The fraction of sp³-hybridized carbons (Fsp3) is 0.294. The molecule has 6 heteroatoms. The first-order chi connectivity index (χ1) is 11.1. The summed E-state index contributed by atoms with van der Waals surface area (Å²) in [4.78, 5) is 15.9. The van der Waals surface area contributed by atoms with Crippen LogP contribution in [0.15, 0.2) is 36.5 Å². The van der Waals surface area contributed by atoms with Gasteiger partial charge in [-0.15, -0.1) is 0 Å². The van der Waals surface area contributed by atoms with Crippen molar-refractivity contribution in [2.24, 2.45) is 0 Å². The normalized spacial score (nSPS) is 10.2. The molecule has 5 nitrogen and oxygen atoms in total. The molecule has 0 spiro atoms. The van der Waals surface area contributed by atoms with Gasteiger partial charge < -0.3 is 14.8 Å². The molecule has 0 aliphatic rings. The summed E-state index contributed by atoms with van der Waals surface area (Å²) < 4.78 is 23.4. The second kappa shape index (κ2) is 8.12. The van der Waals surface area contributed by atoms with Crippen molar-refractivity contribution >= 4 is 5.91 Å². The zero-order chi connectivity index (χ0) is 16.7. The van der Waals surface area contributed by atoms with Gasteiger partial charge in [0.1, 0.15) is 0 Å². The van der Waals surface area contributed by atoms with Crippen molar-refractivity contribution in [1.82, 2.24) is 10.3 Å². The van der Waals surface area contributed by atoms with Crippen LogP contribution in [0.2, 0.25) is 0 Å². The minimum absolute atomic E-state index is 0.1000. The van der Waals surface area contributed by atoms with Gasteiger partial charge in [-0.2, -0.15) is 0 Å². The molecule has 0 aliphatic heterocycles. The number of nitrogens with one attached hydrogen (secondary N) is 1. The number of benzene rings is 1. The molecule has 2 aromatic rings. The number of methoxy groups -OCH3 is 2. The van der Waals surface area contributed by atoms with Gasteiger partial charge in [0.05, 0.1) is 14.2 Å². The van der Waals surface area contributed by atoms with Gasteiger partial charge in [0, 0.05) is 25.2 Å². The Morgan fingerprint density at radius 1 is 1.17 bits per heavy atom. The lowest BCUT2D eigenvalue weighted by molar-refractivity contribution is -0.121. The third-order valence-electron chi connectivity index (χ3n) is 3.35. The number of hydrogen-bond donors (Lipinski definition) is 1. The fourth-order valence-electron chi connectivity index (χ4n) is 2.05. The molecular weight excluding hydrogens is 299 g/mol. The van der Waals surface area contributed by atoms with Gasteiger partial charge in [0.15, 0.2) is 11.6 Å². The van der Waals surface area contributed by atoms with Crippen molar-refractivity contribution in [2.45, 2.75) is 19.4 Å². The van der Waals surface area contributed by atoms with Crippen LogP contribution in [0.3, 0.4) is 0 Å². The van der Waals surface area contributed by atoms with Crippen LogP contribution in [0.1, 0.15) is 17.5 Å². The van der Waals surface area contributed by atoms with Crippen LogP contribution >= 0.6 is 0 Å². The maximum atomic E-state index is 13.6. The SMILES string of the molecule is COc1ccc(CNC(=O)CCc2ccc(OC)c(F)c2)cn1. The molecule has 0 saturated carbocycles. The average molecular weight is 318 g/mol. The average Bonchev–Trinajstić information content (AvgIpc) is 2.58. The molecule has 1 heterocycles. The van der Waals surface area contributed by atoms with Gasteiger partial charge in [-0.05, 0) is 29.7 Å². The van der Waals surface area contributed by atoms with E-state index in [1.165, 1.54) is 13.2 Å². The Kier molecular flexibility index (Phi) is 5.91. The smallest absolute Gasteiger partial charge is 0.220 e. The summed E-state index contributed by atoms with van der Waals surface area (Å²) in [5, 5.41) is 2.81. The molecule has 1 aromatic carbocycles. The molecule has 0 unspecified atom stereocenters. The fourth-order valence-corrected chi connectivity index (χ4v) is 2.05. The van der Waals surface area contributed by atoms with Crippen molar-refractivity contribution in [1.29, 1.82) is 0 Å². The lowest BCUT2D eigenvalue weighted by Crippen LogP contribution is -2.23. The molecule has 0 saturated heterocycles. The summed E-state index contributed by atoms with van der Waals surface area (Å²) in [6.45, 7) is 0.396. The van der Waals surface area contributed by atoms with Crippen LogP contribution in [-0.2, 0) is 17.8 Å². The first-order valence-corrected chi connectivity index (χ1v) is 7.20. The number of halogens is 1. The summed E-state index contributed by atoms with van der Waals surface area (Å²) in [7, 11) is 2.96. The second-order valence-corrected chi connectivity index (χ2v) is 4.95. The summed E-state index contributed by atoms with van der Waals surface area (Å²) in [5.74, 6) is 0.207. The van der Waals surface area contributed by atoms with Crippen molar-refractivity contribution in [3.8, 4) is 11.6 Å². The maximum Gasteiger partial charge on any atom is 0.220 e. The monoisotopic (exact) mass is 318 g/mol. The largest absolute Gasteiger partial charge is 0.494 e. The molecule has 2 rings (SSSR count). The van der Waals surface area contributed by atoms with E-state index in [0.29, 0.717) is 18.8 Å². The Labute approximate surface area is 134 Å². The van der Waals surface area contributed by atoms with Crippen LogP contribution < -0.4 is 14.8 Å². The number of carbonyl (C=O) groups excluding carboxylic acids is 1. The lowest BCUT2D eigenvalue weighted by atomic mass is 10.1. The van der Waals surface area contributed by atoms with Crippen LogP contribution in [-0.4, -0.2) is 25.1 Å². The molecule has 0 radical (unpaired) electrons. The number of aromatic nitrogens is 1. The zero-order valence-electron chi connectivity index (χ0n) is 13.1. The summed E-state index contributed by atoms with van der Waals surface area (Å²) in [6.07, 6.45) is 2.40. The number of aryl methyl sites for hydroxylation is 1. The van der Waals surface area contributed by atoms with Crippen LogP contribution in [0.25, 0.3) is 0 Å². The Balaban J connectivity index is 1.79. The van der Waals surface area contributed by atoms with Gasteiger partial charge in [-0.1, -0.05) is 12.1 Å². The highest BCUT2D eigenvalue weighted by molar-refractivity contribution is 5.76. The van der Waals surface area contributed by atoms with Gasteiger partial charge in [-0.3, -0.25) is 4.79 Å². The maximum absolute atomic E-state index is 13.6. The Bertz CT molecular complexity index is 659. The summed E-state index contributed by atoms with van der Waals surface area (Å²) >= 11 is 0. The predicted octanol–water partition coefficient (Wildman–Crippen LogP) is 2.49. The van der Waals surface area contributed by atoms with Gasteiger partial charge >= 0.3 is 0 Å². The Morgan fingerprint density at radius 2 is 1.96 bits per heavy atom. The van der Waals surface area contributed by atoms with E-state index in [4.69, 9.17) is 9.47 Å². The van der Waals surface area contributed by atoms with E-state index in [1.54, 1.807) is 31.5 Å². The number of carbonyl (C=O) groups is 1. The van der Waals surface area contributed by atoms with E-state index >= 15 is 0 Å². The topological polar surface area (TPSA) is 60.5 Å². The summed E-state index contributed by atoms with van der Waals surface area (Å²) in [6, 6.07) is 8.28. The number of pyridine rings is 1. The minimum atomic E-state index is -0.422. The molecule has 1 aromatic heterocycles. The van der Waals surface area contributed by atoms with Crippen molar-refractivity contribution in [3.05, 3.63) is 53.5 Å². The molecule has 23 heavy (non-hydrogen) atoms. The van der Waals surface area contributed by atoms with E-state index < -0.39 is 5.82 Å². The first-order valence-electron chi connectivity index (χ1n) is 7.20. The van der Waals surface area contributed by atoms with Crippen LogP contribution in [0, 0.1) is 5.82 Å². The molecule has 1 amide bonds. The Hall–Kier alpha value is -2.63. The lowest BCUT2D eigenvalue weighted by Gasteiger charge is -2.07. The van der Waals surface area contributed by atoms with E-state index in [9.17, 15) is 9.18 Å². The van der Waals surface area contributed by atoms with Crippen molar-refractivity contribution < 1.29 is 18.7 Å². The quantitative estimate of drug-likeness (QED) is 0.852. The predicted molar refractivity (Wildman–Crippen MR) is 83.9 cm³/mol. The van der Waals surface area contributed by atoms with Crippen molar-refractivity contribution in [2.75, 3.05) is 14.2 Å². The van der Waals surface area contributed by atoms with E-state index in [1.807, 2.05) is 6.07 Å². The van der Waals surface area contributed by atoms with Crippen LogP contribution in [0.4, 0.5) is 4.39 Å². The highest BCUT2D eigenvalue weighted by atomic mass is 19.1. The van der Waals surface area contributed by atoms with Gasteiger partial charge in [0.2, 0.25) is 11.8 Å².